The van der Waals surface area contributed by atoms with Gasteiger partial charge < -0.3 is 20.0 Å². The van der Waals surface area contributed by atoms with Crippen LogP contribution in [0, 0.1) is 11.8 Å². The number of nitrogens with zero attached hydrogens (tertiary/aromatic N) is 1. The molecular weight excluding hydrogens is 491 g/mol. The van der Waals surface area contributed by atoms with Gasteiger partial charge in [0, 0.05) is 16.8 Å². The first-order chi connectivity index (χ1) is 17.0. The van der Waals surface area contributed by atoms with Gasteiger partial charge in [0.25, 0.3) is 0 Å². The average Bonchev–Trinajstić information content (AvgIpc) is 3.44. The Labute approximate surface area is 210 Å². The van der Waals surface area contributed by atoms with Crippen molar-refractivity contribution < 1.29 is 24.3 Å². The lowest BCUT2D eigenvalue weighted by Crippen LogP contribution is -2.45. The van der Waals surface area contributed by atoms with E-state index in [-0.39, 0.29) is 10.7 Å². The summed E-state index contributed by atoms with van der Waals surface area (Å²) in [5, 5.41) is 17.1. The molecule has 0 bridgehead atoms. The van der Waals surface area contributed by atoms with Crippen LogP contribution in [0.15, 0.2) is 78.0 Å². The summed E-state index contributed by atoms with van der Waals surface area (Å²) in [5.74, 6) is -3.06. The highest BCUT2D eigenvalue weighted by atomic mass is 35.5. The molecule has 2 saturated heterocycles. The first-order valence-electron chi connectivity index (χ1n) is 11.0. The molecule has 1 aliphatic carbocycles. The Morgan fingerprint density at radius 1 is 1.00 bits per heavy atom. The molecule has 2 heterocycles. The van der Waals surface area contributed by atoms with Gasteiger partial charge in [-0.25, -0.2) is 0 Å². The van der Waals surface area contributed by atoms with E-state index in [2.05, 4.69) is 10.5 Å². The van der Waals surface area contributed by atoms with Gasteiger partial charge >= 0.3 is 5.97 Å². The van der Waals surface area contributed by atoms with Crippen molar-refractivity contribution in [1.82, 2.24) is 0 Å². The van der Waals surface area contributed by atoms with Crippen LogP contribution in [0.5, 0.6) is 0 Å². The zero-order valence-corrected chi connectivity index (χ0v) is 19.5. The van der Waals surface area contributed by atoms with Crippen LogP contribution in [-0.4, -0.2) is 28.4 Å². The van der Waals surface area contributed by atoms with Gasteiger partial charge in [-0.2, -0.15) is 0 Å². The minimum Gasteiger partial charge on any atom is -0.454 e. The van der Waals surface area contributed by atoms with E-state index in [0.717, 1.165) is 0 Å². The van der Waals surface area contributed by atoms with Gasteiger partial charge in [-0.15, -0.1) is 0 Å². The lowest BCUT2D eigenvalue weighted by Gasteiger charge is -2.26. The van der Waals surface area contributed by atoms with Crippen LogP contribution in [0.3, 0.4) is 0 Å². The smallest absolute Gasteiger partial charge is 0.314 e. The fourth-order valence-corrected chi connectivity index (χ4v) is 5.83. The first kappa shape index (κ1) is 22.1. The van der Waals surface area contributed by atoms with Crippen molar-refractivity contribution in [3.8, 4) is 0 Å². The summed E-state index contributed by atoms with van der Waals surface area (Å²) in [7, 11) is 0. The lowest BCUT2D eigenvalue weighted by atomic mass is 9.76. The van der Waals surface area contributed by atoms with Crippen LogP contribution >= 0.6 is 23.2 Å². The predicted molar refractivity (Wildman–Crippen MR) is 129 cm³/mol. The van der Waals surface area contributed by atoms with Gasteiger partial charge in [-0.1, -0.05) is 83.0 Å². The van der Waals surface area contributed by atoms with Crippen LogP contribution in [0.25, 0.3) is 0 Å². The Morgan fingerprint density at radius 3 is 2.49 bits per heavy atom. The number of carbonyl (C=O) groups is 2. The van der Waals surface area contributed by atoms with Gasteiger partial charge in [0.2, 0.25) is 5.91 Å². The molecule has 2 fully saturated rings. The van der Waals surface area contributed by atoms with Crippen molar-refractivity contribution in [1.29, 1.82) is 0 Å². The third kappa shape index (κ3) is 3.12. The number of halogens is 2. The molecule has 3 aromatic carbocycles. The zero-order valence-electron chi connectivity index (χ0n) is 18.0. The van der Waals surface area contributed by atoms with Gasteiger partial charge in [0.1, 0.15) is 11.6 Å². The topological polar surface area (TPSA) is 97.2 Å². The third-order valence-corrected chi connectivity index (χ3v) is 7.67. The molecule has 0 saturated carbocycles. The summed E-state index contributed by atoms with van der Waals surface area (Å²) in [6.45, 7) is 0. The highest BCUT2D eigenvalue weighted by Gasteiger charge is 2.75. The predicted octanol–water partition coefficient (Wildman–Crippen LogP) is 5.16. The van der Waals surface area contributed by atoms with Gasteiger partial charge in [-0.3, -0.25) is 9.59 Å². The van der Waals surface area contributed by atoms with Crippen molar-refractivity contribution >= 4 is 46.5 Å². The number of rotatable bonds is 3. The average molecular weight is 509 g/mol. The zero-order chi connectivity index (χ0) is 24.3. The molecule has 1 amide bonds. The summed E-state index contributed by atoms with van der Waals surface area (Å²) >= 11 is 12.1. The van der Waals surface area contributed by atoms with Crippen LogP contribution < -0.4 is 5.32 Å². The summed E-state index contributed by atoms with van der Waals surface area (Å²) in [6, 6.07) is 21.1. The largest absolute Gasteiger partial charge is 0.454 e. The number of fused-ring (bicyclic) bond motifs is 2. The number of ether oxygens (including phenoxy) is 2. The highest BCUT2D eigenvalue weighted by molar-refractivity contribution is 6.42. The fraction of sp³-hybridized carbons (Fsp3) is 0.192. The molecule has 5 unspecified atom stereocenters. The van der Waals surface area contributed by atoms with E-state index in [1.54, 1.807) is 30.3 Å². The number of hydrogen-bond acceptors (Lipinski definition) is 6. The van der Waals surface area contributed by atoms with Crippen LogP contribution in [0.2, 0.25) is 10.0 Å². The van der Waals surface area contributed by atoms with Crippen LogP contribution in [-0.2, 0) is 19.1 Å². The van der Waals surface area contributed by atoms with E-state index in [9.17, 15) is 14.8 Å². The maximum Gasteiger partial charge on any atom is 0.314 e. The molecule has 7 nitrogen and oxygen atoms in total. The summed E-state index contributed by atoms with van der Waals surface area (Å²) in [6.07, 6.45) is -1.64. The number of nitrogens with one attached hydrogen (secondary N) is 1. The Bertz CT molecular complexity index is 1400. The highest BCUT2D eigenvalue weighted by Crippen LogP contribution is 2.63. The molecule has 2 N–H and O–H groups in total. The van der Waals surface area contributed by atoms with Crippen molar-refractivity contribution in [2.45, 2.75) is 17.8 Å². The molecular formula is C26H18Cl2N2O5. The Hall–Kier alpha value is -3.39. The number of esters is 1. The normalized spacial score (nSPS) is 29.4. The van der Waals surface area contributed by atoms with Crippen LogP contribution in [0.1, 0.15) is 28.9 Å². The molecule has 0 radical (unpaired) electrons. The van der Waals surface area contributed by atoms with E-state index in [1.807, 2.05) is 36.4 Å². The number of carbonyl (C=O) groups excluding carboxylic acids is 2. The number of amides is 1. The molecule has 2 aliphatic heterocycles. The quantitative estimate of drug-likeness (QED) is 0.289. The van der Waals surface area contributed by atoms with E-state index in [1.165, 1.54) is 6.07 Å². The summed E-state index contributed by atoms with van der Waals surface area (Å²) in [5.41, 5.74) is 1.16. The van der Waals surface area contributed by atoms with Gasteiger partial charge in [0.05, 0.1) is 22.1 Å². The lowest BCUT2D eigenvalue weighted by molar-refractivity contribution is -0.150. The molecule has 0 aromatic heterocycles. The Balaban J connectivity index is 1.48. The summed E-state index contributed by atoms with van der Waals surface area (Å²) in [4.78, 5) is 27.1. The second-order valence-corrected chi connectivity index (χ2v) is 9.53. The van der Waals surface area contributed by atoms with E-state index < -0.39 is 41.5 Å². The third-order valence-electron chi connectivity index (χ3n) is 6.93. The van der Waals surface area contributed by atoms with Crippen molar-refractivity contribution in [3.05, 3.63) is 99.5 Å². The Morgan fingerprint density at radius 2 is 1.74 bits per heavy atom. The summed E-state index contributed by atoms with van der Waals surface area (Å²) < 4.78 is 12.4. The van der Waals surface area contributed by atoms with Crippen LogP contribution in [0.4, 0.5) is 5.69 Å². The van der Waals surface area contributed by atoms with Crippen molar-refractivity contribution in [2.75, 3.05) is 5.32 Å². The molecule has 176 valence electrons. The standard InChI is InChI=1S/C26H18Cl2N2O5/c27-17-11-10-14(12-18(17)28)29-24(31)19-20-25(32)34-23-16-9-5-4-8-15(16)22(30-33)26(20,23)35-21(19)13-6-2-1-3-7-13/h1-12,19-21,23,33H,(H,29,31)/b30-22+. The number of oxime groups is 1. The minimum absolute atomic E-state index is 0.180. The van der Waals surface area contributed by atoms with Gasteiger partial charge in [0.15, 0.2) is 11.7 Å². The van der Waals surface area contributed by atoms with E-state index in [0.29, 0.717) is 27.4 Å². The SMILES string of the molecule is O=C(Nc1ccc(Cl)c(Cl)c1)C1C(c2ccccc2)OC23/C(=N/O)c4ccccc4C2OC(=O)C13. The number of hydrogen-bond donors (Lipinski definition) is 2. The minimum atomic E-state index is -1.45. The molecule has 9 heteroatoms. The van der Waals surface area contributed by atoms with Crippen molar-refractivity contribution in [2.24, 2.45) is 17.0 Å². The molecule has 3 aliphatic rings. The first-order valence-corrected chi connectivity index (χ1v) is 11.7. The molecule has 35 heavy (non-hydrogen) atoms. The monoisotopic (exact) mass is 508 g/mol. The molecule has 5 atom stereocenters. The molecule has 6 rings (SSSR count). The maximum atomic E-state index is 13.8. The molecule has 3 aromatic rings. The number of benzene rings is 3. The van der Waals surface area contributed by atoms with E-state index >= 15 is 0 Å². The molecule has 1 spiro atoms. The second-order valence-electron chi connectivity index (χ2n) is 8.72. The second kappa shape index (κ2) is 8.09. The van der Waals surface area contributed by atoms with Gasteiger partial charge in [-0.05, 0) is 23.8 Å². The maximum absolute atomic E-state index is 13.8. The Kier molecular flexibility index (Phi) is 5.11. The fourth-order valence-electron chi connectivity index (χ4n) is 5.53. The number of anilines is 1. The van der Waals surface area contributed by atoms with E-state index in [4.69, 9.17) is 32.7 Å². The van der Waals surface area contributed by atoms with Crippen molar-refractivity contribution in [3.63, 3.8) is 0 Å².